The van der Waals surface area contributed by atoms with Crippen molar-refractivity contribution >= 4 is 22.2 Å². The number of imidazole rings is 1. The average molecular weight is 405 g/mol. The summed E-state index contributed by atoms with van der Waals surface area (Å²) in [4.78, 5) is 10.4. The van der Waals surface area contributed by atoms with Crippen molar-refractivity contribution in [3.05, 3.63) is 88.7 Å². The van der Waals surface area contributed by atoms with Crippen LogP contribution in [-0.2, 0) is 6.42 Å². The molecule has 2 heterocycles. The zero-order valence-electron chi connectivity index (χ0n) is 16.1. The van der Waals surface area contributed by atoms with Crippen LogP contribution in [0.5, 0.6) is 0 Å². The minimum absolute atomic E-state index is 0.295. The second-order valence-corrected chi connectivity index (χ2v) is 8.48. The Hall–Kier alpha value is -2.99. The first-order valence-corrected chi connectivity index (χ1v) is 10.6. The van der Waals surface area contributed by atoms with Gasteiger partial charge in [0.25, 0.3) is 0 Å². The third-order valence-corrected chi connectivity index (χ3v) is 6.39. The van der Waals surface area contributed by atoms with Crippen molar-refractivity contribution in [2.45, 2.75) is 32.1 Å². The predicted octanol–water partition coefficient (Wildman–Crippen LogP) is 5.99. The van der Waals surface area contributed by atoms with Crippen molar-refractivity contribution in [3.63, 3.8) is 0 Å². The number of benzene rings is 2. The maximum atomic E-state index is 14.7. The molecule has 1 aliphatic rings. The van der Waals surface area contributed by atoms with Gasteiger partial charge in [-0.25, -0.2) is 14.4 Å². The van der Waals surface area contributed by atoms with Gasteiger partial charge in [-0.2, -0.15) is 0 Å². The molecule has 2 aromatic heterocycles. The summed E-state index contributed by atoms with van der Waals surface area (Å²) >= 11 is 1.68. The van der Waals surface area contributed by atoms with E-state index in [0.29, 0.717) is 17.3 Å². The van der Waals surface area contributed by atoms with E-state index in [2.05, 4.69) is 34.6 Å². The molecule has 0 fully saturated rings. The Kier molecular flexibility index (Phi) is 4.64. The maximum absolute atomic E-state index is 14.7. The third-order valence-electron chi connectivity index (χ3n) is 5.35. The van der Waals surface area contributed by atoms with E-state index in [9.17, 15) is 4.39 Å². The van der Waals surface area contributed by atoms with Crippen LogP contribution in [0.25, 0.3) is 5.69 Å². The highest BCUT2D eigenvalue weighted by atomic mass is 32.1. The van der Waals surface area contributed by atoms with Crippen molar-refractivity contribution in [2.24, 2.45) is 0 Å². The number of aryl methyl sites for hydroxylation is 2. The summed E-state index contributed by atoms with van der Waals surface area (Å²) in [6, 6.07) is 15.7. The van der Waals surface area contributed by atoms with E-state index in [0.717, 1.165) is 23.7 Å². The third kappa shape index (κ3) is 3.56. The lowest BCUT2D eigenvalue weighted by molar-refractivity contribution is 0.610. The van der Waals surface area contributed by atoms with Crippen molar-refractivity contribution < 1.29 is 4.39 Å². The first kappa shape index (κ1) is 18.1. The highest BCUT2D eigenvalue weighted by Gasteiger charge is 2.26. The molecule has 0 saturated carbocycles. The van der Waals surface area contributed by atoms with Crippen LogP contribution in [0, 0.1) is 12.7 Å². The molecule has 0 unspecified atom stereocenters. The van der Waals surface area contributed by atoms with Crippen molar-refractivity contribution in [3.8, 4) is 5.69 Å². The fraction of sp³-hybridized carbons (Fsp3) is 0.217. The molecule has 0 radical (unpaired) electrons. The van der Waals surface area contributed by atoms with Gasteiger partial charge in [0.15, 0.2) is 5.13 Å². The predicted molar refractivity (Wildman–Crippen MR) is 115 cm³/mol. The summed E-state index contributed by atoms with van der Waals surface area (Å²) in [5.74, 6) is 0.0474. The topological polar surface area (TPSA) is 42.7 Å². The lowest BCUT2D eigenvalue weighted by Crippen LogP contribution is -2.09. The lowest BCUT2D eigenvalue weighted by atomic mass is 9.85. The molecule has 1 atom stereocenters. The van der Waals surface area contributed by atoms with Gasteiger partial charge in [-0.1, -0.05) is 30.3 Å². The molecule has 4 nitrogen and oxygen atoms in total. The van der Waals surface area contributed by atoms with Gasteiger partial charge in [0.05, 0.1) is 23.4 Å². The van der Waals surface area contributed by atoms with Crippen LogP contribution in [0.4, 0.5) is 15.2 Å². The number of rotatable bonds is 4. The number of nitrogens with one attached hydrogen (secondary N) is 1. The summed E-state index contributed by atoms with van der Waals surface area (Å²) in [5, 5.41) is 4.12. The number of thiazole rings is 1. The van der Waals surface area contributed by atoms with Crippen LogP contribution >= 0.6 is 11.3 Å². The Morgan fingerprint density at radius 2 is 2.03 bits per heavy atom. The molecule has 0 spiro atoms. The smallest absolute Gasteiger partial charge is 0.187 e. The number of anilines is 2. The monoisotopic (exact) mass is 404 g/mol. The van der Waals surface area contributed by atoms with Crippen LogP contribution in [-0.4, -0.2) is 14.5 Å². The van der Waals surface area contributed by atoms with Gasteiger partial charge in [0, 0.05) is 22.7 Å². The standard InChI is InChI=1S/C23H21FN4S/c1-15-13-28(14-25-15)20-11-10-17(12-19(20)24)26-23-27-22-18(8-5-9-21(22)29-23)16-6-3-2-4-7-16/h2-4,6-7,10-14,18H,5,8-9H2,1H3,(H,26,27)/t18-/m1/s1. The van der Waals surface area contributed by atoms with Gasteiger partial charge < -0.3 is 9.88 Å². The van der Waals surface area contributed by atoms with Crippen molar-refractivity contribution in [1.29, 1.82) is 0 Å². The van der Waals surface area contributed by atoms with E-state index < -0.39 is 0 Å². The van der Waals surface area contributed by atoms with E-state index in [1.807, 2.05) is 25.3 Å². The van der Waals surface area contributed by atoms with Crippen LogP contribution in [0.3, 0.4) is 0 Å². The van der Waals surface area contributed by atoms with Crippen molar-refractivity contribution in [1.82, 2.24) is 14.5 Å². The van der Waals surface area contributed by atoms with E-state index in [1.54, 1.807) is 28.3 Å². The summed E-state index contributed by atoms with van der Waals surface area (Å²) in [6.45, 7) is 1.89. The molecule has 29 heavy (non-hydrogen) atoms. The second kappa shape index (κ2) is 7.44. The zero-order valence-corrected chi connectivity index (χ0v) is 16.9. The van der Waals surface area contributed by atoms with E-state index in [1.165, 1.54) is 28.6 Å². The molecule has 0 saturated heterocycles. The van der Waals surface area contributed by atoms with E-state index in [4.69, 9.17) is 4.98 Å². The van der Waals surface area contributed by atoms with Gasteiger partial charge in [-0.05, 0) is 49.9 Å². The molecular weight excluding hydrogens is 383 g/mol. The summed E-state index contributed by atoms with van der Waals surface area (Å²) in [7, 11) is 0. The van der Waals surface area contributed by atoms with E-state index in [-0.39, 0.29) is 5.82 Å². The maximum Gasteiger partial charge on any atom is 0.187 e. The van der Waals surface area contributed by atoms with Gasteiger partial charge in [-0.15, -0.1) is 11.3 Å². The summed E-state index contributed by atoms with van der Waals surface area (Å²) in [6.07, 6.45) is 6.78. The molecule has 4 aromatic rings. The molecular formula is C23H21FN4S. The number of hydrogen-bond acceptors (Lipinski definition) is 4. The minimum Gasteiger partial charge on any atom is -0.331 e. The number of aromatic nitrogens is 3. The number of halogens is 1. The Morgan fingerprint density at radius 1 is 1.17 bits per heavy atom. The number of hydrogen-bond donors (Lipinski definition) is 1. The molecule has 5 rings (SSSR count). The number of fused-ring (bicyclic) bond motifs is 1. The molecule has 0 amide bonds. The van der Waals surface area contributed by atoms with E-state index >= 15 is 0 Å². The highest BCUT2D eigenvalue weighted by Crippen LogP contribution is 2.40. The quantitative estimate of drug-likeness (QED) is 0.454. The fourth-order valence-electron chi connectivity index (χ4n) is 3.95. The molecule has 1 N–H and O–H groups in total. The Balaban J connectivity index is 1.41. The fourth-order valence-corrected chi connectivity index (χ4v) is 5.04. The normalized spacial score (nSPS) is 15.9. The van der Waals surface area contributed by atoms with Crippen LogP contribution in [0.15, 0.2) is 61.1 Å². The Morgan fingerprint density at radius 3 is 2.79 bits per heavy atom. The SMILES string of the molecule is Cc1cn(-c2ccc(Nc3nc4c(s3)CCC[C@@H]4c3ccccc3)cc2F)cn1. The van der Waals surface area contributed by atoms with Gasteiger partial charge in [0.1, 0.15) is 5.82 Å². The molecule has 0 bridgehead atoms. The minimum atomic E-state index is -0.295. The summed E-state index contributed by atoms with van der Waals surface area (Å²) < 4.78 is 16.3. The second-order valence-electron chi connectivity index (χ2n) is 7.40. The first-order valence-electron chi connectivity index (χ1n) is 9.79. The molecule has 0 aliphatic heterocycles. The van der Waals surface area contributed by atoms with Crippen LogP contribution < -0.4 is 5.32 Å². The zero-order chi connectivity index (χ0) is 19.8. The highest BCUT2D eigenvalue weighted by molar-refractivity contribution is 7.15. The van der Waals surface area contributed by atoms with Gasteiger partial charge >= 0.3 is 0 Å². The largest absolute Gasteiger partial charge is 0.331 e. The summed E-state index contributed by atoms with van der Waals surface area (Å²) in [5.41, 5.74) is 4.52. The lowest BCUT2D eigenvalue weighted by Gasteiger charge is -2.21. The first-order chi connectivity index (χ1) is 14.2. The Labute approximate surface area is 173 Å². The van der Waals surface area contributed by atoms with Crippen LogP contribution in [0.1, 0.15) is 40.6 Å². The van der Waals surface area contributed by atoms with Gasteiger partial charge in [-0.3, -0.25) is 0 Å². The molecule has 146 valence electrons. The Bertz CT molecular complexity index is 1150. The molecule has 1 aliphatic carbocycles. The molecule has 6 heteroatoms. The molecule has 2 aromatic carbocycles. The van der Waals surface area contributed by atoms with Crippen molar-refractivity contribution in [2.75, 3.05) is 5.32 Å². The van der Waals surface area contributed by atoms with Gasteiger partial charge in [0.2, 0.25) is 0 Å². The van der Waals surface area contributed by atoms with Crippen LogP contribution in [0.2, 0.25) is 0 Å². The average Bonchev–Trinajstić information content (AvgIpc) is 3.34. The number of nitrogens with zero attached hydrogens (tertiary/aromatic N) is 3.